The van der Waals surface area contributed by atoms with E-state index in [0.29, 0.717) is 22.1 Å². The van der Waals surface area contributed by atoms with Gasteiger partial charge >= 0.3 is 0 Å². The van der Waals surface area contributed by atoms with Gasteiger partial charge in [0.1, 0.15) is 29.8 Å². The lowest BCUT2D eigenvalue weighted by atomic mass is 9.96. The molecule has 0 saturated carbocycles. The number of aryl methyl sites for hydroxylation is 2. The predicted molar refractivity (Wildman–Crippen MR) is 130 cm³/mol. The second-order valence-corrected chi connectivity index (χ2v) is 14.7. The third-order valence-electron chi connectivity index (χ3n) is 6.51. The number of hydrogen-bond donors (Lipinski definition) is 0. The summed E-state index contributed by atoms with van der Waals surface area (Å²) in [6.07, 6.45) is 0. The van der Waals surface area contributed by atoms with Crippen molar-refractivity contribution in [3.05, 3.63) is 71.3 Å². The topological polar surface area (TPSA) is 17.0 Å². The minimum absolute atomic E-state index is 0.133. The van der Waals surface area contributed by atoms with Gasteiger partial charge in [-0.3, -0.25) is 0 Å². The van der Waals surface area contributed by atoms with E-state index in [2.05, 4.69) is 25.7 Å². The fourth-order valence-corrected chi connectivity index (χ4v) is 5.59. The van der Waals surface area contributed by atoms with E-state index in [0.717, 1.165) is 38.3 Å². The quantitative estimate of drug-likeness (QED) is 0.218. The van der Waals surface area contributed by atoms with Gasteiger partial charge in [-0.25, -0.2) is 8.78 Å². The molecule has 0 aliphatic heterocycles. The first-order valence-corrected chi connectivity index (χ1v) is 14.2. The Balaban J connectivity index is 1.93. The smallest absolute Gasteiger partial charge is 0.216 e. The second-order valence-electron chi connectivity index (χ2n) is 9.65. The average molecular weight is 448 g/mol. The van der Waals surface area contributed by atoms with Gasteiger partial charge in [-0.1, -0.05) is 24.8 Å². The van der Waals surface area contributed by atoms with Crippen molar-refractivity contribution in [2.24, 2.45) is 7.05 Å². The van der Waals surface area contributed by atoms with Gasteiger partial charge in [-0.05, 0) is 55.3 Å². The van der Waals surface area contributed by atoms with Crippen molar-refractivity contribution in [3.63, 3.8) is 0 Å². The van der Waals surface area contributed by atoms with E-state index in [1.807, 2.05) is 31.5 Å². The van der Waals surface area contributed by atoms with Crippen LogP contribution in [0.25, 0.3) is 44.1 Å². The molecule has 2 aromatic heterocycles. The summed E-state index contributed by atoms with van der Waals surface area (Å²) in [7, 11) is 0.125. The third kappa shape index (κ3) is 3.06. The van der Waals surface area contributed by atoms with Crippen molar-refractivity contribution in [1.29, 1.82) is 0 Å². The van der Waals surface area contributed by atoms with Gasteiger partial charge in [-0.15, -0.1) is 0 Å². The summed E-state index contributed by atoms with van der Waals surface area (Å²) >= 11 is 0. The molecule has 5 aromatic rings. The van der Waals surface area contributed by atoms with Crippen molar-refractivity contribution in [2.75, 3.05) is 0 Å². The highest BCUT2D eigenvalue weighted by molar-refractivity contribution is 6.88. The van der Waals surface area contributed by atoms with E-state index in [1.165, 1.54) is 12.1 Å². The Morgan fingerprint density at radius 1 is 0.938 bits per heavy atom. The Morgan fingerprint density at radius 2 is 1.69 bits per heavy atom. The number of hydrogen-bond acceptors (Lipinski definition) is 1. The Kier molecular flexibility index (Phi) is 4.28. The molecule has 0 N–H and O–H groups in total. The first-order chi connectivity index (χ1) is 15.5. The molecule has 2 nitrogen and oxygen atoms in total. The number of rotatable bonds is 2. The Hall–Kier alpha value is -3.05. The van der Waals surface area contributed by atoms with Crippen LogP contribution >= 0.6 is 0 Å². The zero-order chi connectivity index (χ0) is 23.8. The molecule has 0 aliphatic carbocycles. The molecule has 0 spiro atoms. The number of pyridine rings is 1. The van der Waals surface area contributed by atoms with Crippen molar-refractivity contribution in [1.82, 2.24) is 0 Å². The summed E-state index contributed by atoms with van der Waals surface area (Å²) in [5.74, 6) is -0.710. The number of benzene rings is 3. The molecule has 0 amide bonds. The van der Waals surface area contributed by atoms with Crippen molar-refractivity contribution < 1.29 is 19.1 Å². The van der Waals surface area contributed by atoms with Crippen LogP contribution in [0.3, 0.4) is 0 Å². The molecule has 2 heterocycles. The van der Waals surface area contributed by atoms with Crippen molar-refractivity contribution >= 4 is 46.1 Å². The van der Waals surface area contributed by atoms with E-state index in [1.54, 1.807) is 18.2 Å². The van der Waals surface area contributed by atoms with Crippen LogP contribution in [0.5, 0.6) is 0 Å². The minimum Gasteiger partial charge on any atom is -0.455 e. The Bertz CT molecular complexity index is 1620. The van der Waals surface area contributed by atoms with Crippen LogP contribution in [0.1, 0.15) is 12.5 Å². The molecule has 0 radical (unpaired) electrons. The maximum Gasteiger partial charge on any atom is 0.216 e. The van der Waals surface area contributed by atoms with Gasteiger partial charge in [0.25, 0.3) is 0 Å². The first-order valence-electron chi connectivity index (χ1n) is 11.2. The van der Waals surface area contributed by atoms with Crippen LogP contribution in [-0.4, -0.2) is 8.07 Å². The molecule has 0 aliphatic rings. The number of fused-ring (bicyclic) bond motifs is 4. The summed E-state index contributed by atoms with van der Waals surface area (Å²) in [6, 6.07) is 12.1. The fourth-order valence-electron chi connectivity index (χ4n) is 4.46. The molecular formula is C27H26F2NOSi+. The molecule has 32 heavy (non-hydrogen) atoms. The van der Waals surface area contributed by atoms with Gasteiger partial charge in [-0.2, -0.15) is 4.57 Å². The van der Waals surface area contributed by atoms with Gasteiger partial charge in [0.15, 0.2) is 0 Å². The van der Waals surface area contributed by atoms with E-state index >= 15 is 4.39 Å². The number of halogens is 2. The van der Waals surface area contributed by atoms with Crippen LogP contribution in [0.15, 0.2) is 52.9 Å². The van der Waals surface area contributed by atoms with E-state index in [9.17, 15) is 4.39 Å². The molecular weight excluding hydrogens is 420 g/mol. The minimum atomic E-state index is -1.78. The lowest BCUT2D eigenvalue weighted by Crippen LogP contribution is -2.40. The second kappa shape index (κ2) is 6.97. The molecule has 0 unspecified atom stereocenters. The number of nitrogens with zero attached hydrogens (tertiary/aromatic N) is 1. The van der Waals surface area contributed by atoms with E-state index < -0.39 is 8.07 Å². The zero-order valence-corrected chi connectivity index (χ0v) is 20.2. The monoisotopic (exact) mass is 447 g/mol. The molecule has 3 aromatic carbocycles. The predicted octanol–water partition coefficient (Wildman–Crippen LogP) is 6.67. The van der Waals surface area contributed by atoms with Crippen molar-refractivity contribution in [2.45, 2.75) is 33.5 Å². The summed E-state index contributed by atoms with van der Waals surface area (Å²) < 4.78 is 45.8. The molecule has 5 rings (SSSR count). The summed E-state index contributed by atoms with van der Waals surface area (Å²) in [5.41, 5.74) is 5.51. The normalized spacial score (nSPS) is 12.8. The Labute approximate surface area is 188 Å². The summed E-state index contributed by atoms with van der Waals surface area (Å²) in [4.78, 5) is 0. The average Bonchev–Trinajstić information content (AvgIpc) is 3.07. The van der Waals surface area contributed by atoms with Crippen LogP contribution in [0, 0.1) is 25.5 Å². The fraction of sp³-hybridized carbons (Fsp3) is 0.222. The third-order valence-corrected chi connectivity index (χ3v) is 8.53. The van der Waals surface area contributed by atoms with Gasteiger partial charge in [0.05, 0.1) is 20.4 Å². The number of furan rings is 1. The molecule has 5 heteroatoms. The van der Waals surface area contributed by atoms with Crippen LogP contribution in [0.4, 0.5) is 8.78 Å². The molecule has 0 bridgehead atoms. The van der Waals surface area contributed by atoms with Crippen LogP contribution in [-0.2, 0) is 7.05 Å². The van der Waals surface area contributed by atoms with Gasteiger partial charge in [0.2, 0.25) is 11.2 Å². The van der Waals surface area contributed by atoms with Crippen LogP contribution in [0.2, 0.25) is 19.6 Å². The highest BCUT2D eigenvalue weighted by Gasteiger charge is 2.26. The van der Waals surface area contributed by atoms with Crippen LogP contribution < -0.4 is 9.75 Å². The Morgan fingerprint density at radius 3 is 2.41 bits per heavy atom. The largest absolute Gasteiger partial charge is 0.455 e. The standard InChI is InChI=1S/C27H26F2NOSi/c1-15-11-21-19-8-7-17(28)12-25(19)31-27(21)26(16(15)2)23-10-9-20-22(29)13-18(32(4,5)6)14-24(20)30(23)3/h7-14H,1-6H3/q+1/i9D. The summed E-state index contributed by atoms with van der Waals surface area (Å²) in [6.45, 7) is 10.6. The molecule has 0 atom stereocenters. The SMILES string of the molecule is [2H]c1cc(-c2c(C)c(C)cc3c2oc2cc(F)ccc23)[n+](C)c2cc([Si](C)(C)C)cc(F)c12. The highest BCUT2D eigenvalue weighted by Crippen LogP contribution is 2.39. The maximum atomic E-state index is 15.2. The van der Waals surface area contributed by atoms with Gasteiger partial charge in [0, 0.05) is 29.0 Å². The molecule has 0 saturated heterocycles. The van der Waals surface area contributed by atoms with E-state index in [-0.39, 0.29) is 17.7 Å². The lowest BCUT2D eigenvalue weighted by Gasteiger charge is -2.17. The first kappa shape index (κ1) is 19.6. The number of aromatic nitrogens is 1. The van der Waals surface area contributed by atoms with Crippen molar-refractivity contribution in [3.8, 4) is 11.3 Å². The molecule has 162 valence electrons. The maximum absolute atomic E-state index is 15.2. The zero-order valence-electron chi connectivity index (χ0n) is 20.2. The van der Waals surface area contributed by atoms with Gasteiger partial charge < -0.3 is 4.42 Å². The lowest BCUT2D eigenvalue weighted by molar-refractivity contribution is -0.633. The molecule has 0 fully saturated rings. The van der Waals surface area contributed by atoms with E-state index in [4.69, 9.17) is 5.79 Å². The highest BCUT2D eigenvalue weighted by atomic mass is 28.3. The summed E-state index contributed by atoms with van der Waals surface area (Å²) in [5, 5.41) is 3.07.